The number of rotatable bonds is 8. The number of methoxy groups -OCH3 is 1. The van der Waals surface area contributed by atoms with Crippen LogP contribution in [0, 0.1) is 0 Å². The van der Waals surface area contributed by atoms with Gasteiger partial charge in [0.25, 0.3) is 5.91 Å². The quantitative estimate of drug-likeness (QED) is 0.583. The second-order valence-corrected chi connectivity index (χ2v) is 7.55. The number of hydrogen-bond acceptors (Lipinski definition) is 6. The van der Waals surface area contributed by atoms with Crippen LogP contribution in [0.15, 0.2) is 67.0 Å². The highest BCUT2D eigenvalue weighted by Gasteiger charge is 2.13. The third-order valence-corrected chi connectivity index (χ3v) is 5.26. The molecular formula is C25H27N3O4. The first-order valence-corrected chi connectivity index (χ1v) is 10.6. The van der Waals surface area contributed by atoms with E-state index in [1.165, 1.54) is 0 Å². The van der Waals surface area contributed by atoms with E-state index in [9.17, 15) is 4.79 Å². The van der Waals surface area contributed by atoms with Gasteiger partial charge in [0, 0.05) is 49.3 Å². The van der Waals surface area contributed by atoms with Gasteiger partial charge in [0.15, 0.2) is 11.5 Å². The Labute approximate surface area is 187 Å². The third-order valence-electron chi connectivity index (χ3n) is 5.26. The van der Waals surface area contributed by atoms with Crippen molar-refractivity contribution >= 4 is 11.6 Å². The summed E-state index contributed by atoms with van der Waals surface area (Å²) in [7, 11) is 1.59. The molecule has 1 aliphatic heterocycles. The lowest BCUT2D eigenvalue weighted by atomic mass is 10.1. The molecular weight excluding hydrogens is 406 g/mol. The minimum absolute atomic E-state index is 0.168. The molecule has 4 rings (SSSR count). The van der Waals surface area contributed by atoms with E-state index < -0.39 is 0 Å². The summed E-state index contributed by atoms with van der Waals surface area (Å²) in [5.41, 5.74) is 3.36. The zero-order valence-electron chi connectivity index (χ0n) is 18.1. The molecule has 3 aromatic rings. The smallest absolute Gasteiger partial charge is 0.255 e. The molecule has 1 fully saturated rings. The molecule has 1 amide bonds. The van der Waals surface area contributed by atoms with Gasteiger partial charge in [-0.25, -0.2) is 0 Å². The number of nitrogens with one attached hydrogen (secondary N) is 1. The van der Waals surface area contributed by atoms with Gasteiger partial charge in [-0.3, -0.25) is 14.7 Å². The second-order valence-electron chi connectivity index (χ2n) is 7.55. The van der Waals surface area contributed by atoms with Crippen molar-refractivity contribution in [1.82, 2.24) is 9.88 Å². The van der Waals surface area contributed by atoms with Crippen LogP contribution in [0.4, 0.5) is 5.69 Å². The normalized spacial score (nSPS) is 14.0. The van der Waals surface area contributed by atoms with Crippen molar-refractivity contribution in [3.63, 3.8) is 0 Å². The first-order valence-electron chi connectivity index (χ1n) is 10.6. The van der Waals surface area contributed by atoms with E-state index in [-0.39, 0.29) is 5.91 Å². The zero-order chi connectivity index (χ0) is 22.2. The number of anilines is 1. The van der Waals surface area contributed by atoms with Crippen LogP contribution in [0.1, 0.15) is 21.5 Å². The molecule has 0 saturated carbocycles. The number of hydrogen-bond donors (Lipinski definition) is 1. The lowest BCUT2D eigenvalue weighted by Gasteiger charge is -2.26. The monoisotopic (exact) mass is 433 g/mol. The third kappa shape index (κ3) is 5.84. The van der Waals surface area contributed by atoms with Crippen molar-refractivity contribution in [2.24, 2.45) is 0 Å². The number of carbonyl (C=O) groups is 1. The standard InChI is InChI=1S/C25H27N3O4/c1-30-23-6-5-22(16-24(23)32-18-19-7-9-26-10-8-19)27-25(29)21-4-2-3-20(15-21)17-28-11-13-31-14-12-28/h2-10,15-16H,11-14,17-18H2,1H3,(H,27,29). The summed E-state index contributed by atoms with van der Waals surface area (Å²) in [6.45, 7) is 4.50. The number of nitrogens with zero attached hydrogens (tertiary/aromatic N) is 2. The van der Waals surface area contributed by atoms with Crippen LogP contribution in [-0.4, -0.2) is 49.2 Å². The minimum Gasteiger partial charge on any atom is -0.493 e. The van der Waals surface area contributed by atoms with Crippen LogP contribution in [0.2, 0.25) is 0 Å². The summed E-state index contributed by atoms with van der Waals surface area (Å²) < 4.78 is 16.7. The van der Waals surface area contributed by atoms with Gasteiger partial charge in [0.2, 0.25) is 0 Å². The fourth-order valence-corrected chi connectivity index (χ4v) is 3.54. The van der Waals surface area contributed by atoms with Gasteiger partial charge < -0.3 is 19.5 Å². The number of aromatic nitrogens is 1. The molecule has 0 unspecified atom stereocenters. The SMILES string of the molecule is COc1ccc(NC(=O)c2cccc(CN3CCOCC3)c2)cc1OCc1ccncc1. The summed E-state index contributed by atoms with van der Waals surface area (Å²) in [6, 6.07) is 16.9. The Morgan fingerprint density at radius 2 is 1.84 bits per heavy atom. The van der Waals surface area contributed by atoms with Crippen LogP contribution in [0.25, 0.3) is 0 Å². The predicted octanol–water partition coefficient (Wildman–Crippen LogP) is 3.75. The van der Waals surface area contributed by atoms with Crippen LogP contribution >= 0.6 is 0 Å². The molecule has 2 heterocycles. The number of pyridine rings is 1. The molecule has 1 N–H and O–H groups in total. The molecule has 1 saturated heterocycles. The van der Waals surface area contributed by atoms with Crippen LogP contribution in [0.3, 0.4) is 0 Å². The maximum Gasteiger partial charge on any atom is 0.255 e. The van der Waals surface area contributed by atoms with Crippen molar-refractivity contribution in [3.05, 3.63) is 83.7 Å². The highest BCUT2D eigenvalue weighted by molar-refractivity contribution is 6.04. The Kier molecular flexibility index (Phi) is 7.32. The minimum atomic E-state index is -0.168. The van der Waals surface area contributed by atoms with Crippen molar-refractivity contribution in [1.29, 1.82) is 0 Å². The number of ether oxygens (including phenoxy) is 3. The highest BCUT2D eigenvalue weighted by atomic mass is 16.5. The fourth-order valence-electron chi connectivity index (χ4n) is 3.54. The first kappa shape index (κ1) is 21.8. The molecule has 7 heteroatoms. The Morgan fingerprint density at radius 1 is 1.03 bits per heavy atom. The van der Waals surface area contributed by atoms with Gasteiger partial charge in [0.1, 0.15) is 6.61 Å². The summed E-state index contributed by atoms with van der Waals surface area (Å²) in [4.78, 5) is 19.2. The van der Waals surface area contributed by atoms with Crippen LogP contribution in [0.5, 0.6) is 11.5 Å². The highest BCUT2D eigenvalue weighted by Crippen LogP contribution is 2.31. The molecule has 0 radical (unpaired) electrons. The lowest BCUT2D eigenvalue weighted by Crippen LogP contribution is -2.35. The van der Waals surface area contributed by atoms with Crippen molar-refractivity contribution in [2.45, 2.75) is 13.2 Å². The van der Waals surface area contributed by atoms with Crippen molar-refractivity contribution in [3.8, 4) is 11.5 Å². The summed E-state index contributed by atoms with van der Waals surface area (Å²) in [5, 5.41) is 2.96. The van der Waals surface area contributed by atoms with E-state index in [1.54, 1.807) is 37.7 Å². The van der Waals surface area contributed by atoms with Gasteiger partial charge in [-0.1, -0.05) is 12.1 Å². The van der Waals surface area contributed by atoms with Crippen LogP contribution < -0.4 is 14.8 Å². The Balaban J connectivity index is 1.42. The Morgan fingerprint density at radius 3 is 2.62 bits per heavy atom. The lowest BCUT2D eigenvalue weighted by molar-refractivity contribution is 0.0342. The average Bonchev–Trinajstić information content (AvgIpc) is 2.84. The molecule has 0 spiro atoms. The molecule has 32 heavy (non-hydrogen) atoms. The molecule has 166 valence electrons. The van der Waals surface area contributed by atoms with E-state index in [0.717, 1.165) is 44.0 Å². The van der Waals surface area contributed by atoms with E-state index in [4.69, 9.17) is 14.2 Å². The van der Waals surface area contributed by atoms with Gasteiger partial charge in [-0.05, 0) is 47.5 Å². The summed E-state index contributed by atoms with van der Waals surface area (Å²) in [5.74, 6) is 0.992. The van der Waals surface area contributed by atoms with E-state index >= 15 is 0 Å². The Hall–Kier alpha value is -3.42. The number of morpholine rings is 1. The van der Waals surface area contributed by atoms with Gasteiger partial charge in [0.05, 0.1) is 20.3 Å². The van der Waals surface area contributed by atoms with Crippen LogP contribution in [-0.2, 0) is 17.9 Å². The Bertz CT molecular complexity index is 1040. The predicted molar refractivity (Wildman–Crippen MR) is 122 cm³/mol. The molecule has 0 aliphatic carbocycles. The summed E-state index contributed by atoms with van der Waals surface area (Å²) in [6.07, 6.45) is 3.44. The zero-order valence-corrected chi connectivity index (χ0v) is 18.1. The van der Waals surface area contributed by atoms with Gasteiger partial charge in [-0.2, -0.15) is 0 Å². The van der Waals surface area contributed by atoms with Crippen molar-refractivity contribution < 1.29 is 19.0 Å². The van der Waals surface area contributed by atoms with Gasteiger partial charge in [-0.15, -0.1) is 0 Å². The maximum atomic E-state index is 12.9. The number of amides is 1. The van der Waals surface area contributed by atoms with E-state index in [1.807, 2.05) is 36.4 Å². The number of carbonyl (C=O) groups excluding carboxylic acids is 1. The molecule has 0 atom stereocenters. The molecule has 1 aliphatic rings. The average molecular weight is 434 g/mol. The summed E-state index contributed by atoms with van der Waals surface area (Å²) >= 11 is 0. The largest absolute Gasteiger partial charge is 0.493 e. The van der Waals surface area contributed by atoms with Crippen molar-refractivity contribution in [2.75, 3.05) is 38.7 Å². The molecule has 1 aromatic heterocycles. The topological polar surface area (TPSA) is 72.9 Å². The fraction of sp³-hybridized carbons (Fsp3) is 0.280. The first-order chi connectivity index (χ1) is 15.7. The molecule has 7 nitrogen and oxygen atoms in total. The number of benzene rings is 2. The van der Waals surface area contributed by atoms with Gasteiger partial charge >= 0.3 is 0 Å². The maximum absolute atomic E-state index is 12.9. The second kappa shape index (κ2) is 10.7. The molecule has 0 bridgehead atoms. The molecule has 2 aromatic carbocycles. The van der Waals surface area contributed by atoms with E-state index in [0.29, 0.717) is 29.4 Å². The van der Waals surface area contributed by atoms with E-state index in [2.05, 4.69) is 15.2 Å².